The van der Waals surface area contributed by atoms with E-state index in [9.17, 15) is 4.79 Å². The number of carbonyl (C=O) groups excluding carboxylic acids is 1. The van der Waals surface area contributed by atoms with Gasteiger partial charge in [-0.2, -0.15) is 0 Å². The topological polar surface area (TPSA) is 26.3 Å². The van der Waals surface area contributed by atoms with Gasteiger partial charge in [0, 0.05) is 0 Å². The quantitative estimate of drug-likeness (QED) is 0.312. The molecule has 5 saturated carbocycles. The predicted molar refractivity (Wildman–Crippen MR) is 129 cm³/mol. The van der Waals surface area contributed by atoms with Gasteiger partial charge in [-0.25, -0.2) is 0 Å². The lowest BCUT2D eigenvalue weighted by atomic mass is 9.31. The first-order chi connectivity index (χ1) is 14.9. The van der Waals surface area contributed by atoms with Crippen LogP contribution in [0, 0.1) is 56.7 Å². The van der Waals surface area contributed by atoms with Crippen molar-refractivity contribution in [3.8, 4) is 0 Å². The average molecular weight is 439 g/mol. The second-order valence-corrected chi connectivity index (χ2v) is 14.5. The zero-order valence-corrected chi connectivity index (χ0v) is 21.6. The maximum atomic E-state index is 12.7. The summed E-state index contributed by atoms with van der Waals surface area (Å²) in [4.78, 5) is 12.7. The Morgan fingerprint density at radius 2 is 1.38 bits per heavy atom. The van der Waals surface area contributed by atoms with Crippen LogP contribution in [0.4, 0.5) is 0 Å². The van der Waals surface area contributed by atoms with E-state index < -0.39 is 0 Å². The Balaban J connectivity index is 1.37. The lowest BCUT2D eigenvalue weighted by Gasteiger charge is -2.74. The Bertz CT molecular complexity index is 876. The molecule has 0 radical (unpaired) electrons. The molecule has 6 aliphatic rings. The van der Waals surface area contributed by atoms with E-state index in [-0.39, 0.29) is 17.5 Å². The standard InChI is InChI=1S/C30H46O2/c1-18(2)19-10-14-26(3)20(19)11-16-28(5)21(26)8-9-22-27(4)15-13-24-30(7,25(31)32-24)23(27)12-17-29(22,28)6/h19-24H,1,8-17H2,2-7H3/t19-,20-,21+,22+,23+,24-,26-,27+,28+,29+,30+/m0/s1. The number of allylic oxidation sites excluding steroid dienone is 1. The molecular formula is C30H46O2. The molecule has 2 nitrogen and oxygen atoms in total. The Morgan fingerprint density at radius 1 is 0.781 bits per heavy atom. The summed E-state index contributed by atoms with van der Waals surface area (Å²) < 4.78 is 5.65. The molecule has 5 aliphatic carbocycles. The van der Waals surface area contributed by atoms with E-state index in [1.165, 1.54) is 63.4 Å². The van der Waals surface area contributed by atoms with Crippen molar-refractivity contribution in [2.45, 2.75) is 112 Å². The smallest absolute Gasteiger partial charge is 0.316 e. The molecule has 0 aromatic heterocycles. The second kappa shape index (κ2) is 6.25. The van der Waals surface area contributed by atoms with E-state index >= 15 is 0 Å². The van der Waals surface area contributed by atoms with Crippen LogP contribution in [0.3, 0.4) is 0 Å². The van der Waals surface area contributed by atoms with Crippen molar-refractivity contribution < 1.29 is 9.53 Å². The number of carbonyl (C=O) groups is 1. The van der Waals surface area contributed by atoms with Crippen LogP contribution in [0.15, 0.2) is 12.2 Å². The second-order valence-electron chi connectivity index (χ2n) is 14.5. The van der Waals surface area contributed by atoms with Crippen LogP contribution in [0.1, 0.15) is 106 Å². The van der Waals surface area contributed by atoms with Crippen molar-refractivity contribution >= 4 is 5.97 Å². The van der Waals surface area contributed by atoms with Crippen LogP contribution in [-0.2, 0) is 9.53 Å². The maximum absolute atomic E-state index is 12.7. The fraction of sp³-hybridized carbons (Fsp3) is 0.900. The molecule has 0 bridgehead atoms. The molecule has 1 aliphatic heterocycles. The molecule has 1 heterocycles. The molecule has 2 heteroatoms. The number of rotatable bonds is 1. The maximum Gasteiger partial charge on any atom is 0.316 e. The van der Waals surface area contributed by atoms with Gasteiger partial charge in [0.1, 0.15) is 11.5 Å². The predicted octanol–water partition coefficient (Wildman–Crippen LogP) is 7.57. The SMILES string of the molecule is C=C(C)[C@@H]1CC[C@]2(C)[C@H]3CC[C@@H]4[C@@]5(C)CC[C@@H]6OC(=O)[C@]6(C)[C@@H]5CC[C@@]4(C)[C@]3(C)CC[C@@H]12. The lowest BCUT2D eigenvalue weighted by Crippen LogP contribution is -2.71. The van der Waals surface area contributed by atoms with E-state index in [1.807, 2.05) is 0 Å². The summed E-state index contributed by atoms with van der Waals surface area (Å²) in [6, 6.07) is 0. The fourth-order valence-electron chi connectivity index (χ4n) is 12.1. The van der Waals surface area contributed by atoms with Crippen LogP contribution in [0.25, 0.3) is 0 Å². The van der Waals surface area contributed by atoms with E-state index in [0.717, 1.165) is 30.1 Å². The van der Waals surface area contributed by atoms with Crippen molar-refractivity contribution in [1.29, 1.82) is 0 Å². The van der Waals surface area contributed by atoms with Gasteiger partial charge in [-0.05, 0) is 129 Å². The van der Waals surface area contributed by atoms with Crippen molar-refractivity contribution in [1.82, 2.24) is 0 Å². The third kappa shape index (κ3) is 2.18. The minimum absolute atomic E-state index is 0.103. The number of hydrogen-bond donors (Lipinski definition) is 0. The highest BCUT2D eigenvalue weighted by Gasteiger charge is 2.74. The van der Waals surface area contributed by atoms with Gasteiger partial charge in [0.05, 0.1) is 0 Å². The molecule has 6 fully saturated rings. The van der Waals surface area contributed by atoms with E-state index in [4.69, 9.17) is 4.74 Å². The van der Waals surface area contributed by atoms with Crippen molar-refractivity contribution in [3.05, 3.63) is 12.2 Å². The summed E-state index contributed by atoms with van der Waals surface area (Å²) in [5.41, 5.74) is 2.83. The molecule has 0 N–H and O–H groups in total. The van der Waals surface area contributed by atoms with Gasteiger partial charge in [0.2, 0.25) is 0 Å². The number of fused-ring (bicyclic) bond motifs is 9. The summed E-state index contributed by atoms with van der Waals surface area (Å²) in [7, 11) is 0. The summed E-state index contributed by atoms with van der Waals surface area (Å²) >= 11 is 0. The molecular weight excluding hydrogens is 392 g/mol. The normalized spacial score (nSPS) is 60.6. The van der Waals surface area contributed by atoms with Crippen molar-refractivity contribution in [2.75, 3.05) is 0 Å². The molecule has 6 rings (SSSR count). The average Bonchev–Trinajstić information content (AvgIpc) is 3.08. The lowest BCUT2D eigenvalue weighted by molar-refractivity contribution is -0.281. The Morgan fingerprint density at radius 3 is 2.00 bits per heavy atom. The summed E-state index contributed by atoms with van der Waals surface area (Å²) in [5.74, 6) is 3.82. The van der Waals surface area contributed by atoms with E-state index in [0.29, 0.717) is 27.6 Å². The van der Waals surface area contributed by atoms with E-state index in [2.05, 4.69) is 48.1 Å². The largest absolute Gasteiger partial charge is 0.461 e. The zero-order chi connectivity index (χ0) is 22.9. The molecule has 0 amide bonds. The highest BCUT2D eigenvalue weighted by atomic mass is 16.6. The molecule has 11 atom stereocenters. The molecule has 32 heavy (non-hydrogen) atoms. The molecule has 0 spiro atoms. The van der Waals surface area contributed by atoms with E-state index in [1.54, 1.807) is 0 Å². The van der Waals surface area contributed by atoms with Gasteiger partial charge in [0.25, 0.3) is 0 Å². The van der Waals surface area contributed by atoms with Crippen LogP contribution in [-0.4, -0.2) is 12.1 Å². The molecule has 0 aromatic rings. The van der Waals surface area contributed by atoms with Gasteiger partial charge in [0.15, 0.2) is 0 Å². The Hall–Kier alpha value is -0.790. The van der Waals surface area contributed by atoms with Crippen molar-refractivity contribution in [2.24, 2.45) is 56.7 Å². The highest BCUT2D eigenvalue weighted by Crippen LogP contribution is 2.78. The minimum atomic E-state index is -0.212. The van der Waals surface area contributed by atoms with Crippen LogP contribution in [0.2, 0.25) is 0 Å². The fourth-order valence-corrected chi connectivity index (χ4v) is 12.1. The zero-order valence-electron chi connectivity index (χ0n) is 21.6. The summed E-state index contributed by atoms with van der Waals surface area (Å²) in [6.07, 6.45) is 13.4. The van der Waals surface area contributed by atoms with Crippen molar-refractivity contribution in [3.63, 3.8) is 0 Å². The Kier molecular flexibility index (Phi) is 4.24. The van der Waals surface area contributed by atoms with Crippen LogP contribution < -0.4 is 0 Å². The first-order valence-electron chi connectivity index (χ1n) is 13.8. The van der Waals surface area contributed by atoms with Gasteiger partial charge < -0.3 is 4.74 Å². The van der Waals surface area contributed by atoms with Crippen LogP contribution in [0.5, 0.6) is 0 Å². The number of esters is 1. The monoisotopic (exact) mass is 438 g/mol. The molecule has 0 unspecified atom stereocenters. The highest BCUT2D eigenvalue weighted by molar-refractivity contribution is 5.83. The number of ether oxygens (including phenoxy) is 1. The molecule has 178 valence electrons. The summed E-state index contributed by atoms with van der Waals surface area (Å²) in [5, 5.41) is 0. The van der Waals surface area contributed by atoms with Gasteiger partial charge in [-0.1, -0.05) is 39.8 Å². The molecule has 1 saturated heterocycles. The van der Waals surface area contributed by atoms with Gasteiger partial charge in [-0.15, -0.1) is 0 Å². The first-order valence-corrected chi connectivity index (χ1v) is 13.8. The summed E-state index contributed by atoms with van der Waals surface area (Å²) in [6.45, 7) is 19.6. The Labute approximate surface area is 196 Å². The third-order valence-electron chi connectivity index (χ3n) is 13.9. The minimum Gasteiger partial charge on any atom is -0.461 e. The van der Waals surface area contributed by atoms with Gasteiger partial charge in [-0.3, -0.25) is 4.79 Å². The van der Waals surface area contributed by atoms with Gasteiger partial charge >= 0.3 is 5.97 Å². The molecule has 0 aromatic carbocycles. The third-order valence-corrected chi connectivity index (χ3v) is 13.9. The first kappa shape index (κ1) is 21.7. The van der Waals surface area contributed by atoms with Crippen LogP contribution >= 0.6 is 0 Å². The number of hydrogen-bond acceptors (Lipinski definition) is 2.